The Morgan fingerprint density at radius 2 is 0.933 bits per heavy atom. The number of aryl methyl sites for hydroxylation is 5. The summed E-state index contributed by atoms with van der Waals surface area (Å²) >= 11 is 0. The molecule has 60 heavy (non-hydrogen) atoms. The molecule has 6 rings (SSSR count). The minimum absolute atomic E-state index is 0. The molecule has 0 radical (unpaired) electrons. The molecule has 0 aliphatic carbocycles. The highest BCUT2D eigenvalue weighted by Gasteiger charge is 2.08. The fraction of sp³-hybridized carbons (Fsp3) is 0.519. The largest absolute Gasteiger partial charge is 0.358 e. The first-order valence-electron chi connectivity index (χ1n) is 23.1. The van der Waals surface area contributed by atoms with Crippen LogP contribution in [0, 0.1) is 22.7 Å². The predicted molar refractivity (Wildman–Crippen MR) is 259 cm³/mol. The van der Waals surface area contributed by atoms with Crippen LogP contribution < -0.4 is 5.73 Å². The summed E-state index contributed by atoms with van der Waals surface area (Å²) in [6, 6.07) is 29.5. The maximum Gasteiger partial charge on any atom is 0.0991 e. The number of unbranched alkanes of at least 4 members (excludes halogenated alkanes) is 15. The second-order valence-electron chi connectivity index (χ2n) is 16.6. The Kier molecular flexibility index (Phi) is 23.0. The van der Waals surface area contributed by atoms with Crippen LogP contribution in [-0.2, 0) is 39.9 Å². The first-order chi connectivity index (χ1) is 28.8. The number of nitrogens with zero attached hydrogens (tertiary/aromatic N) is 4. The molecule has 3 N–H and O–H groups in total. The summed E-state index contributed by atoms with van der Waals surface area (Å²) in [7, 11) is 4.30. The van der Waals surface area contributed by atoms with E-state index in [2.05, 4.69) is 104 Å². The van der Waals surface area contributed by atoms with Crippen molar-refractivity contribution in [2.45, 2.75) is 170 Å². The van der Waals surface area contributed by atoms with E-state index in [4.69, 9.17) is 16.3 Å². The Morgan fingerprint density at radius 1 is 0.500 bits per heavy atom. The van der Waals surface area contributed by atoms with Crippen molar-refractivity contribution < 1.29 is 0 Å². The fourth-order valence-electron chi connectivity index (χ4n) is 8.20. The van der Waals surface area contributed by atoms with Crippen LogP contribution in [0.5, 0.6) is 0 Å². The van der Waals surface area contributed by atoms with E-state index in [0.29, 0.717) is 6.54 Å². The van der Waals surface area contributed by atoms with Crippen LogP contribution in [0.3, 0.4) is 0 Å². The molecule has 0 unspecified atom stereocenters. The lowest BCUT2D eigenvalue weighted by Crippen LogP contribution is -1.97. The molecule has 3 aromatic heterocycles. The van der Waals surface area contributed by atoms with Crippen molar-refractivity contribution in [1.82, 2.24) is 14.1 Å². The third-order valence-corrected chi connectivity index (χ3v) is 11.9. The van der Waals surface area contributed by atoms with Gasteiger partial charge in [0.2, 0.25) is 0 Å². The summed E-state index contributed by atoms with van der Waals surface area (Å²) < 4.78 is 4.60. The summed E-state index contributed by atoms with van der Waals surface area (Å²) in [6.07, 6.45) is 27.6. The van der Waals surface area contributed by atoms with Gasteiger partial charge >= 0.3 is 0 Å². The van der Waals surface area contributed by atoms with Crippen LogP contribution in [0.4, 0.5) is 0 Å². The number of benzene rings is 3. The SMILES string of the molecule is C.CCCCCCCCc1cc2cc(C#N)ccc2[nH]1.CCCCCCCCc1cc2cc(C#N)ccc2n1C.CCCCCCCCc1cc2cc(CN)ccc2n1C. The van der Waals surface area contributed by atoms with Gasteiger partial charge in [0, 0.05) is 70.4 Å². The average molecular weight is 811 g/mol. The summed E-state index contributed by atoms with van der Waals surface area (Å²) in [5, 5.41) is 21.5. The Labute approximate surface area is 364 Å². The molecule has 324 valence electrons. The normalized spacial score (nSPS) is 10.8. The number of aromatic nitrogens is 3. The molecule has 0 aliphatic heterocycles. The van der Waals surface area contributed by atoms with Crippen molar-refractivity contribution in [2.24, 2.45) is 19.8 Å². The van der Waals surface area contributed by atoms with E-state index in [-0.39, 0.29) is 7.43 Å². The molecule has 0 atom stereocenters. The van der Waals surface area contributed by atoms with Gasteiger partial charge in [-0.05, 0) is 111 Å². The zero-order valence-corrected chi connectivity index (χ0v) is 37.4. The van der Waals surface area contributed by atoms with Crippen molar-refractivity contribution in [1.29, 1.82) is 10.5 Å². The van der Waals surface area contributed by atoms with Crippen LogP contribution in [0.2, 0.25) is 0 Å². The van der Waals surface area contributed by atoms with Crippen LogP contribution in [0.1, 0.15) is 178 Å². The molecule has 3 aromatic carbocycles. The molecule has 3 heterocycles. The van der Waals surface area contributed by atoms with Gasteiger partial charge in [-0.15, -0.1) is 0 Å². The van der Waals surface area contributed by atoms with Gasteiger partial charge in [0.1, 0.15) is 0 Å². The second kappa shape index (κ2) is 27.9. The number of fused-ring (bicyclic) bond motifs is 3. The molecule has 0 aliphatic rings. The Morgan fingerprint density at radius 3 is 1.43 bits per heavy atom. The van der Waals surface area contributed by atoms with Gasteiger partial charge in [0.15, 0.2) is 0 Å². The number of nitrogens with two attached hydrogens (primary N) is 1. The minimum atomic E-state index is 0. The lowest BCUT2D eigenvalue weighted by atomic mass is 10.1. The monoisotopic (exact) mass is 811 g/mol. The quantitative estimate of drug-likeness (QED) is 0.0668. The predicted octanol–water partition coefficient (Wildman–Crippen LogP) is 15.1. The summed E-state index contributed by atoms with van der Waals surface area (Å²) in [5.74, 6) is 0. The van der Waals surface area contributed by atoms with Gasteiger partial charge in [-0.2, -0.15) is 10.5 Å². The van der Waals surface area contributed by atoms with Crippen LogP contribution in [0.25, 0.3) is 32.7 Å². The highest BCUT2D eigenvalue weighted by molar-refractivity contribution is 5.83. The van der Waals surface area contributed by atoms with Crippen LogP contribution >= 0.6 is 0 Å². The van der Waals surface area contributed by atoms with E-state index in [1.807, 2.05) is 30.3 Å². The lowest BCUT2D eigenvalue weighted by molar-refractivity contribution is 0.600. The third kappa shape index (κ3) is 15.7. The maximum absolute atomic E-state index is 8.96. The number of nitriles is 2. The molecular formula is C54H78N6. The number of aromatic amines is 1. The van der Waals surface area contributed by atoms with E-state index in [1.165, 1.54) is 166 Å². The van der Waals surface area contributed by atoms with Gasteiger partial charge in [0.05, 0.1) is 23.3 Å². The van der Waals surface area contributed by atoms with Crippen LogP contribution in [-0.4, -0.2) is 14.1 Å². The van der Waals surface area contributed by atoms with Crippen molar-refractivity contribution in [3.8, 4) is 12.1 Å². The number of rotatable bonds is 22. The first kappa shape index (κ1) is 49.6. The standard InChI is InChI=1S/C18H28N2.C18H24N2.C17H22N2.CH4/c2*1-3-4-5-6-7-8-9-17-13-16-12-15(14-19)10-11-18(16)20(17)2;1-2-3-4-5-6-7-8-16-12-15-11-14(13-18)9-10-17(15)19-16;/h10-13H,3-9,14,19H2,1-2H3;10-13H,3-9H2,1-2H3;9-12,19H,2-8H2,1H3;1H4. The number of hydrogen-bond donors (Lipinski definition) is 2. The first-order valence-corrected chi connectivity index (χ1v) is 23.1. The minimum Gasteiger partial charge on any atom is -0.358 e. The zero-order chi connectivity index (χ0) is 42.2. The molecule has 0 saturated carbocycles. The molecule has 6 aromatic rings. The Bertz CT molecular complexity index is 2200. The Balaban J connectivity index is 0.000000238. The topological polar surface area (TPSA) is 99.2 Å². The molecule has 0 bridgehead atoms. The van der Waals surface area contributed by atoms with E-state index < -0.39 is 0 Å². The molecular weight excluding hydrogens is 733 g/mol. The highest BCUT2D eigenvalue weighted by atomic mass is 14.9. The van der Waals surface area contributed by atoms with Crippen molar-refractivity contribution in [3.63, 3.8) is 0 Å². The summed E-state index contributed by atoms with van der Waals surface area (Å²) in [5.41, 5.74) is 16.2. The van der Waals surface area contributed by atoms with Crippen molar-refractivity contribution >= 4 is 32.7 Å². The van der Waals surface area contributed by atoms with Gasteiger partial charge in [-0.1, -0.05) is 131 Å². The third-order valence-electron chi connectivity index (χ3n) is 11.9. The van der Waals surface area contributed by atoms with Gasteiger partial charge in [-0.25, -0.2) is 0 Å². The van der Waals surface area contributed by atoms with E-state index in [0.717, 1.165) is 34.9 Å². The van der Waals surface area contributed by atoms with E-state index in [9.17, 15) is 0 Å². The molecule has 0 saturated heterocycles. The molecule has 6 heteroatoms. The van der Waals surface area contributed by atoms with Crippen molar-refractivity contribution in [3.05, 3.63) is 107 Å². The average Bonchev–Trinajstić information content (AvgIpc) is 3.92. The van der Waals surface area contributed by atoms with Gasteiger partial charge in [-0.3, -0.25) is 0 Å². The van der Waals surface area contributed by atoms with Crippen molar-refractivity contribution in [2.75, 3.05) is 0 Å². The molecule has 0 fully saturated rings. The number of hydrogen-bond acceptors (Lipinski definition) is 3. The lowest BCUT2D eigenvalue weighted by Gasteiger charge is -2.04. The van der Waals surface area contributed by atoms with Gasteiger partial charge in [0.25, 0.3) is 0 Å². The Hall–Kier alpha value is -4.78. The smallest absolute Gasteiger partial charge is 0.0991 e. The highest BCUT2D eigenvalue weighted by Crippen LogP contribution is 2.24. The maximum atomic E-state index is 8.96. The second-order valence-corrected chi connectivity index (χ2v) is 16.6. The zero-order valence-electron chi connectivity index (χ0n) is 37.4. The van der Waals surface area contributed by atoms with E-state index >= 15 is 0 Å². The molecule has 0 spiro atoms. The fourth-order valence-corrected chi connectivity index (χ4v) is 8.20. The summed E-state index contributed by atoms with van der Waals surface area (Å²) in [4.78, 5) is 3.44. The van der Waals surface area contributed by atoms with Crippen LogP contribution in [0.15, 0.2) is 72.8 Å². The summed E-state index contributed by atoms with van der Waals surface area (Å²) in [6.45, 7) is 7.40. The number of nitrogens with one attached hydrogen (secondary N) is 1. The molecule has 0 amide bonds. The number of H-pyrrole nitrogens is 1. The molecule has 6 nitrogen and oxygen atoms in total. The van der Waals surface area contributed by atoms with E-state index in [1.54, 1.807) is 0 Å². The van der Waals surface area contributed by atoms with Gasteiger partial charge < -0.3 is 19.9 Å².